The van der Waals surface area contributed by atoms with Gasteiger partial charge in [0, 0.05) is 11.6 Å². The average molecular weight is 371 g/mol. The highest BCUT2D eigenvalue weighted by atomic mass is 32.2. The van der Waals surface area contributed by atoms with E-state index in [1.54, 1.807) is 63.2 Å². The number of amides is 2. The van der Waals surface area contributed by atoms with Gasteiger partial charge in [0.05, 0.1) is 16.1 Å². The van der Waals surface area contributed by atoms with Gasteiger partial charge in [0.15, 0.2) is 9.84 Å². The quantitative estimate of drug-likeness (QED) is 0.775. The van der Waals surface area contributed by atoms with Gasteiger partial charge in [-0.25, -0.2) is 8.42 Å². The van der Waals surface area contributed by atoms with Gasteiger partial charge in [0.2, 0.25) is 5.91 Å². The van der Waals surface area contributed by atoms with Crippen molar-refractivity contribution in [3.8, 4) is 0 Å². The third kappa shape index (κ3) is 2.84. The van der Waals surface area contributed by atoms with E-state index in [0.717, 1.165) is 0 Å². The molecule has 6 heteroatoms. The fourth-order valence-corrected chi connectivity index (χ4v) is 5.23. The molecule has 136 valence electrons. The fourth-order valence-electron chi connectivity index (χ4n) is 3.45. The molecule has 2 amide bonds. The normalized spacial score (nSPS) is 20.4. The molecule has 0 aliphatic carbocycles. The number of carbonyl (C=O) groups is 2. The average Bonchev–Trinajstić information content (AvgIpc) is 2.60. The van der Waals surface area contributed by atoms with E-state index in [1.165, 1.54) is 17.0 Å². The summed E-state index contributed by atoms with van der Waals surface area (Å²) in [5.41, 5.74) is -0.485. The summed E-state index contributed by atoms with van der Waals surface area (Å²) in [5, 5.41) is 0. The van der Waals surface area contributed by atoms with E-state index in [0.29, 0.717) is 11.1 Å². The lowest BCUT2D eigenvalue weighted by atomic mass is 9.76. The van der Waals surface area contributed by atoms with Crippen LogP contribution in [0.2, 0.25) is 0 Å². The number of benzene rings is 2. The van der Waals surface area contributed by atoms with Gasteiger partial charge in [-0.2, -0.15) is 0 Å². The van der Waals surface area contributed by atoms with Crippen molar-refractivity contribution in [1.82, 2.24) is 4.90 Å². The zero-order valence-corrected chi connectivity index (χ0v) is 15.8. The van der Waals surface area contributed by atoms with Crippen molar-refractivity contribution >= 4 is 21.7 Å². The largest absolute Gasteiger partial charge is 0.275 e. The Labute approximate surface area is 153 Å². The van der Waals surface area contributed by atoms with Crippen LogP contribution in [-0.2, 0) is 20.0 Å². The molecule has 0 spiro atoms. The van der Waals surface area contributed by atoms with Crippen molar-refractivity contribution in [2.45, 2.75) is 37.1 Å². The summed E-state index contributed by atoms with van der Waals surface area (Å²) < 4.78 is 25.9. The van der Waals surface area contributed by atoms with Crippen LogP contribution in [0.1, 0.15) is 36.7 Å². The second-order valence-electron chi connectivity index (χ2n) is 7.02. The van der Waals surface area contributed by atoms with Gasteiger partial charge in [0.1, 0.15) is 0 Å². The SMILES string of the molecule is CC(C)N1C(=O)c2ccccc2C(C)(CS(=O)(=O)c2ccccc2)C1=O. The first-order chi connectivity index (χ1) is 12.2. The van der Waals surface area contributed by atoms with Crippen molar-refractivity contribution < 1.29 is 18.0 Å². The number of imide groups is 1. The lowest BCUT2D eigenvalue weighted by molar-refractivity contribution is -0.135. The highest BCUT2D eigenvalue weighted by molar-refractivity contribution is 7.91. The van der Waals surface area contributed by atoms with Crippen LogP contribution < -0.4 is 0 Å². The number of hydrogen-bond donors (Lipinski definition) is 0. The Kier molecular flexibility index (Phi) is 4.48. The van der Waals surface area contributed by atoms with Gasteiger partial charge < -0.3 is 0 Å². The van der Waals surface area contributed by atoms with Crippen molar-refractivity contribution in [3.05, 3.63) is 65.7 Å². The van der Waals surface area contributed by atoms with E-state index < -0.39 is 26.9 Å². The standard InChI is InChI=1S/C20H21NO4S/c1-14(2)21-18(22)16-11-7-8-12-17(16)20(3,19(21)23)13-26(24,25)15-9-5-4-6-10-15/h4-12,14H,13H2,1-3H3. The third-order valence-corrected chi connectivity index (χ3v) is 6.71. The first kappa shape index (κ1) is 18.3. The van der Waals surface area contributed by atoms with Crippen LogP contribution >= 0.6 is 0 Å². The summed E-state index contributed by atoms with van der Waals surface area (Å²) in [7, 11) is -3.72. The predicted octanol–water partition coefficient (Wildman–Crippen LogP) is 2.81. The third-order valence-electron chi connectivity index (χ3n) is 4.76. The summed E-state index contributed by atoms with van der Waals surface area (Å²) in [6, 6.07) is 14.5. The molecular weight excluding hydrogens is 350 g/mol. The molecule has 3 rings (SSSR count). The molecule has 0 saturated heterocycles. The predicted molar refractivity (Wildman–Crippen MR) is 98.6 cm³/mol. The van der Waals surface area contributed by atoms with Crippen molar-refractivity contribution in [2.75, 3.05) is 5.75 Å². The van der Waals surface area contributed by atoms with Crippen LogP contribution in [0, 0.1) is 0 Å². The molecule has 0 bridgehead atoms. The van der Waals surface area contributed by atoms with Crippen LogP contribution in [0.15, 0.2) is 59.5 Å². The van der Waals surface area contributed by atoms with Crippen molar-refractivity contribution in [3.63, 3.8) is 0 Å². The second-order valence-corrected chi connectivity index (χ2v) is 9.01. The number of sulfone groups is 1. The van der Waals surface area contributed by atoms with E-state index >= 15 is 0 Å². The van der Waals surface area contributed by atoms with E-state index in [2.05, 4.69) is 0 Å². The molecule has 5 nitrogen and oxygen atoms in total. The van der Waals surface area contributed by atoms with Gasteiger partial charge in [0.25, 0.3) is 5.91 Å². The molecule has 0 aromatic heterocycles. The second kappa shape index (κ2) is 6.36. The molecule has 1 heterocycles. The zero-order valence-electron chi connectivity index (χ0n) is 15.0. The maximum atomic E-state index is 13.2. The van der Waals surface area contributed by atoms with Crippen molar-refractivity contribution in [1.29, 1.82) is 0 Å². The maximum Gasteiger partial charge on any atom is 0.261 e. The molecule has 26 heavy (non-hydrogen) atoms. The van der Waals surface area contributed by atoms with Gasteiger partial charge in [-0.1, -0.05) is 36.4 Å². The van der Waals surface area contributed by atoms with Gasteiger partial charge >= 0.3 is 0 Å². The van der Waals surface area contributed by atoms with Crippen molar-refractivity contribution in [2.24, 2.45) is 0 Å². The smallest absolute Gasteiger partial charge is 0.261 e. The Morgan fingerprint density at radius 1 is 0.962 bits per heavy atom. The van der Waals surface area contributed by atoms with E-state index in [1.807, 2.05) is 0 Å². The van der Waals surface area contributed by atoms with Gasteiger partial charge in [-0.3, -0.25) is 14.5 Å². The molecule has 1 aliphatic rings. The highest BCUT2D eigenvalue weighted by Crippen LogP contribution is 2.37. The molecular formula is C20H21NO4S. The van der Waals surface area contributed by atoms with Gasteiger partial charge in [-0.05, 0) is 44.5 Å². The number of nitrogens with zero attached hydrogens (tertiary/aromatic N) is 1. The number of hydrogen-bond acceptors (Lipinski definition) is 4. The Balaban J connectivity index is 2.16. The van der Waals surface area contributed by atoms with Crippen LogP contribution in [0.5, 0.6) is 0 Å². The summed E-state index contributed by atoms with van der Waals surface area (Å²) in [4.78, 5) is 27.3. The minimum Gasteiger partial charge on any atom is -0.275 e. The number of carbonyl (C=O) groups excluding carboxylic acids is 2. The van der Waals surface area contributed by atoms with Gasteiger partial charge in [-0.15, -0.1) is 0 Å². The van der Waals surface area contributed by atoms with E-state index in [9.17, 15) is 18.0 Å². The number of fused-ring (bicyclic) bond motifs is 1. The topological polar surface area (TPSA) is 71.5 Å². The van der Waals surface area contributed by atoms with Crippen LogP contribution in [0.4, 0.5) is 0 Å². The minimum atomic E-state index is -3.72. The molecule has 1 aliphatic heterocycles. The number of rotatable bonds is 4. The van der Waals surface area contributed by atoms with E-state index in [-0.39, 0.29) is 16.8 Å². The molecule has 2 aromatic carbocycles. The molecule has 0 fully saturated rings. The monoisotopic (exact) mass is 371 g/mol. The first-order valence-electron chi connectivity index (χ1n) is 8.44. The lowest BCUT2D eigenvalue weighted by Crippen LogP contribution is -2.57. The Hall–Kier alpha value is -2.47. The summed E-state index contributed by atoms with van der Waals surface area (Å²) in [6.07, 6.45) is 0. The van der Waals surface area contributed by atoms with E-state index in [4.69, 9.17) is 0 Å². The highest BCUT2D eigenvalue weighted by Gasteiger charge is 2.50. The van der Waals surface area contributed by atoms with Crippen LogP contribution in [-0.4, -0.2) is 36.9 Å². The molecule has 0 N–H and O–H groups in total. The molecule has 2 aromatic rings. The fraction of sp³-hybridized carbons (Fsp3) is 0.300. The lowest BCUT2D eigenvalue weighted by Gasteiger charge is -2.41. The molecule has 1 atom stereocenters. The first-order valence-corrected chi connectivity index (χ1v) is 10.1. The Bertz CT molecular complexity index is 966. The maximum absolute atomic E-state index is 13.2. The Morgan fingerprint density at radius 3 is 2.15 bits per heavy atom. The summed E-state index contributed by atoms with van der Waals surface area (Å²) >= 11 is 0. The Morgan fingerprint density at radius 2 is 1.54 bits per heavy atom. The molecule has 1 unspecified atom stereocenters. The summed E-state index contributed by atoms with van der Waals surface area (Å²) in [5.74, 6) is -1.25. The summed E-state index contributed by atoms with van der Waals surface area (Å²) in [6.45, 7) is 5.10. The van der Waals surface area contributed by atoms with Crippen LogP contribution in [0.3, 0.4) is 0 Å². The molecule has 0 saturated carbocycles. The molecule has 0 radical (unpaired) electrons. The van der Waals surface area contributed by atoms with Crippen LogP contribution in [0.25, 0.3) is 0 Å². The zero-order chi connectivity index (χ0) is 19.1. The minimum absolute atomic E-state index is 0.166.